The van der Waals surface area contributed by atoms with Crippen LogP contribution in [0, 0.1) is 19.7 Å². The normalized spacial score (nSPS) is 12.1. The molecule has 3 N–H and O–H groups in total. The Morgan fingerprint density at radius 1 is 1.26 bits per heavy atom. The summed E-state index contributed by atoms with van der Waals surface area (Å²) in [6.45, 7) is 5.61. The predicted octanol–water partition coefficient (Wildman–Crippen LogP) is 4.46. The number of amides is 1. The number of ether oxygens (including phenoxy) is 1. The Labute approximate surface area is 200 Å². The number of carbonyl (C=O) groups excluding carboxylic acids is 1. The fourth-order valence-electron chi connectivity index (χ4n) is 4.18. The fraction of sp³-hybridized carbons (Fsp3) is 0.250. The molecule has 0 saturated carbocycles. The van der Waals surface area contributed by atoms with Crippen molar-refractivity contribution in [3.8, 4) is 16.9 Å². The Kier molecular flexibility index (Phi) is 6.14. The number of nitrogens with one attached hydrogen (secondary N) is 1. The maximum absolute atomic E-state index is 14.8. The number of aromatic nitrogens is 4. The average molecular weight is 483 g/mol. The monoisotopic (exact) mass is 482 g/mol. The molecular weight excluding hydrogens is 459 g/mol. The van der Waals surface area contributed by atoms with E-state index in [0.717, 1.165) is 11.1 Å². The second-order valence-electron chi connectivity index (χ2n) is 7.92. The van der Waals surface area contributed by atoms with Crippen molar-refractivity contribution < 1.29 is 13.9 Å². The SMILES string of the molecule is CNC(=O)c1ccc(-c2c(C)c(Cl)cc(C(C)n3nc(C)c4c(N)ncnc43)c2OC)cc1F. The van der Waals surface area contributed by atoms with Gasteiger partial charge in [-0.1, -0.05) is 17.7 Å². The van der Waals surface area contributed by atoms with E-state index >= 15 is 0 Å². The van der Waals surface area contributed by atoms with Gasteiger partial charge in [-0.15, -0.1) is 0 Å². The first-order valence-corrected chi connectivity index (χ1v) is 10.9. The highest BCUT2D eigenvalue weighted by Gasteiger charge is 2.25. The summed E-state index contributed by atoms with van der Waals surface area (Å²) in [6.07, 6.45) is 1.39. The van der Waals surface area contributed by atoms with Crippen molar-refractivity contribution in [1.82, 2.24) is 25.1 Å². The van der Waals surface area contributed by atoms with E-state index in [1.165, 1.54) is 25.5 Å². The van der Waals surface area contributed by atoms with Crippen LogP contribution in [0.4, 0.5) is 10.2 Å². The van der Waals surface area contributed by atoms with Gasteiger partial charge in [-0.05, 0) is 50.1 Å². The van der Waals surface area contributed by atoms with E-state index in [9.17, 15) is 9.18 Å². The van der Waals surface area contributed by atoms with Crippen LogP contribution in [0.5, 0.6) is 5.75 Å². The Balaban J connectivity index is 1.93. The maximum Gasteiger partial charge on any atom is 0.253 e. The lowest BCUT2D eigenvalue weighted by Gasteiger charge is -2.22. The van der Waals surface area contributed by atoms with Crippen LogP contribution in [0.15, 0.2) is 30.6 Å². The third-order valence-corrected chi connectivity index (χ3v) is 6.34. The molecule has 10 heteroatoms. The summed E-state index contributed by atoms with van der Waals surface area (Å²) in [5.41, 5.74) is 9.89. The van der Waals surface area contributed by atoms with E-state index in [2.05, 4.69) is 20.4 Å². The number of nitrogens with two attached hydrogens (primary N) is 1. The van der Waals surface area contributed by atoms with E-state index in [1.807, 2.05) is 26.8 Å². The number of hydrogen-bond acceptors (Lipinski definition) is 6. The van der Waals surface area contributed by atoms with Gasteiger partial charge in [-0.2, -0.15) is 5.10 Å². The van der Waals surface area contributed by atoms with Crippen LogP contribution in [0.3, 0.4) is 0 Å². The Morgan fingerprint density at radius 2 is 2.00 bits per heavy atom. The molecule has 4 aromatic rings. The number of hydrogen-bond donors (Lipinski definition) is 2. The third kappa shape index (κ3) is 3.71. The summed E-state index contributed by atoms with van der Waals surface area (Å²) < 4.78 is 22.4. The van der Waals surface area contributed by atoms with Crippen LogP contribution >= 0.6 is 11.6 Å². The molecule has 0 spiro atoms. The highest BCUT2D eigenvalue weighted by Crippen LogP contribution is 2.43. The van der Waals surface area contributed by atoms with Crippen molar-refractivity contribution in [2.75, 3.05) is 19.9 Å². The summed E-state index contributed by atoms with van der Waals surface area (Å²) in [5.74, 6) is -0.281. The standard InChI is InChI=1S/C24H24ClFN6O2/c1-11-17(25)9-16(13(3)32-23-20(12(2)31-32)22(27)29-10-30-23)21(34-5)19(11)14-6-7-15(18(26)8-14)24(33)28-4/h6-10,13H,1-5H3,(H,28,33)(H2,27,29,30). The number of carbonyl (C=O) groups is 1. The van der Waals surface area contributed by atoms with Gasteiger partial charge in [0.15, 0.2) is 5.65 Å². The van der Waals surface area contributed by atoms with Gasteiger partial charge in [-0.25, -0.2) is 19.0 Å². The lowest BCUT2D eigenvalue weighted by molar-refractivity contribution is 0.0959. The Hall–Kier alpha value is -3.72. The minimum atomic E-state index is -0.645. The largest absolute Gasteiger partial charge is 0.496 e. The van der Waals surface area contributed by atoms with Gasteiger partial charge in [0.2, 0.25) is 0 Å². The molecule has 2 aromatic carbocycles. The van der Waals surface area contributed by atoms with Gasteiger partial charge >= 0.3 is 0 Å². The second kappa shape index (κ2) is 8.90. The summed E-state index contributed by atoms with van der Waals surface area (Å²) in [6, 6.07) is 5.88. The number of halogens is 2. The molecule has 0 aliphatic rings. The number of benzene rings is 2. The van der Waals surface area contributed by atoms with Gasteiger partial charge in [0, 0.05) is 23.2 Å². The van der Waals surface area contributed by atoms with Crippen molar-refractivity contribution in [2.24, 2.45) is 0 Å². The van der Waals surface area contributed by atoms with Crippen molar-refractivity contribution in [3.63, 3.8) is 0 Å². The molecule has 1 amide bonds. The molecular formula is C24H24ClFN6O2. The van der Waals surface area contributed by atoms with E-state index in [0.29, 0.717) is 44.4 Å². The molecule has 0 aliphatic carbocycles. The fourth-order valence-corrected chi connectivity index (χ4v) is 4.39. The lowest BCUT2D eigenvalue weighted by Crippen LogP contribution is -2.19. The molecule has 0 radical (unpaired) electrons. The molecule has 8 nitrogen and oxygen atoms in total. The Morgan fingerprint density at radius 3 is 2.65 bits per heavy atom. The van der Waals surface area contributed by atoms with Gasteiger partial charge in [0.05, 0.1) is 29.8 Å². The average Bonchev–Trinajstić information content (AvgIpc) is 3.16. The minimum absolute atomic E-state index is 0.0470. The van der Waals surface area contributed by atoms with Crippen LogP contribution in [-0.4, -0.2) is 39.8 Å². The zero-order chi connectivity index (χ0) is 24.7. The van der Waals surface area contributed by atoms with E-state index in [-0.39, 0.29) is 11.6 Å². The van der Waals surface area contributed by atoms with Gasteiger partial charge in [-0.3, -0.25) is 4.79 Å². The minimum Gasteiger partial charge on any atom is -0.496 e. The molecule has 0 bridgehead atoms. The quantitative estimate of drug-likeness (QED) is 0.434. The first-order valence-electron chi connectivity index (χ1n) is 10.5. The molecule has 1 unspecified atom stereocenters. The van der Waals surface area contributed by atoms with Crippen LogP contribution < -0.4 is 15.8 Å². The zero-order valence-corrected chi connectivity index (χ0v) is 20.2. The number of nitrogen functional groups attached to an aromatic ring is 1. The highest BCUT2D eigenvalue weighted by molar-refractivity contribution is 6.32. The number of rotatable bonds is 5. The van der Waals surface area contributed by atoms with Gasteiger partial charge in [0.1, 0.15) is 23.7 Å². The van der Waals surface area contributed by atoms with Crippen molar-refractivity contribution in [3.05, 3.63) is 63.8 Å². The molecule has 0 aliphatic heterocycles. The van der Waals surface area contributed by atoms with Crippen LogP contribution in [0.2, 0.25) is 5.02 Å². The topological polar surface area (TPSA) is 108 Å². The number of aryl methyl sites for hydroxylation is 1. The maximum atomic E-state index is 14.8. The summed E-state index contributed by atoms with van der Waals surface area (Å²) >= 11 is 6.63. The van der Waals surface area contributed by atoms with Crippen LogP contribution in [-0.2, 0) is 0 Å². The number of methoxy groups -OCH3 is 1. The number of anilines is 1. The molecule has 1 atom stereocenters. The van der Waals surface area contributed by atoms with Gasteiger partial charge < -0.3 is 15.8 Å². The molecule has 0 fully saturated rings. The highest BCUT2D eigenvalue weighted by atomic mass is 35.5. The molecule has 0 saturated heterocycles. The van der Waals surface area contributed by atoms with E-state index in [4.69, 9.17) is 22.1 Å². The van der Waals surface area contributed by atoms with Gasteiger partial charge in [0.25, 0.3) is 5.91 Å². The summed E-state index contributed by atoms with van der Waals surface area (Å²) in [7, 11) is 3.00. The lowest BCUT2D eigenvalue weighted by atomic mass is 9.93. The number of fused-ring (bicyclic) bond motifs is 1. The smallest absolute Gasteiger partial charge is 0.253 e. The third-order valence-electron chi connectivity index (χ3n) is 5.95. The Bertz CT molecular complexity index is 1440. The van der Waals surface area contributed by atoms with Crippen LogP contribution in [0.1, 0.15) is 40.1 Å². The van der Waals surface area contributed by atoms with Crippen molar-refractivity contribution in [1.29, 1.82) is 0 Å². The van der Waals surface area contributed by atoms with Crippen molar-refractivity contribution in [2.45, 2.75) is 26.8 Å². The van der Waals surface area contributed by atoms with Crippen LogP contribution in [0.25, 0.3) is 22.2 Å². The molecule has 4 rings (SSSR count). The first-order chi connectivity index (χ1) is 16.2. The summed E-state index contributed by atoms with van der Waals surface area (Å²) in [5, 5.41) is 8.24. The summed E-state index contributed by atoms with van der Waals surface area (Å²) in [4.78, 5) is 20.4. The molecule has 34 heavy (non-hydrogen) atoms. The molecule has 2 heterocycles. The van der Waals surface area contributed by atoms with E-state index < -0.39 is 11.7 Å². The molecule has 2 aromatic heterocycles. The zero-order valence-electron chi connectivity index (χ0n) is 19.4. The predicted molar refractivity (Wildman–Crippen MR) is 130 cm³/mol. The molecule has 176 valence electrons. The van der Waals surface area contributed by atoms with Crippen molar-refractivity contribution >= 4 is 34.4 Å². The number of nitrogens with zero attached hydrogens (tertiary/aromatic N) is 4. The second-order valence-corrected chi connectivity index (χ2v) is 8.33. The first kappa shape index (κ1) is 23.4. The van der Waals surface area contributed by atoms with E-state index in [1.54, 1.807) is 17.9 Å².